The van der Waals surface area contributed by atoms with Gasteiger partial charge in [-0.05, 0) is 37.8 Å². The number of hydrogen-bond acceptors (Lipinski definition) is 4. The number of amides is 2. The highest BCUT2D eigenvalue weighted by Gasteiger charge is 2.29. The van der Waals surface area contributed by atoms with E-state index in [2.05, 4.69) is 21.4 Å². The van der Waals surface area contributed by atoms with Crippen molar-refractivity contribution in [2.45, 2.75) is 38.8 Å². The van der Waals surface area contributed by atoms with Gasteiger partial charge in [0.15, 0.2) is 0 Å². The lowest BCUT2D eigenvalue weighted by molar-refractivity contribution is 0.151. The first-order valence-electron chi connectivity index (χ1n) is 9.26. The molecule has 2 amide bonds. The Bertz CT molecular complexity index is 905. The number of thiazole rings is 1. The number of likely N-dealkylation sites (tertiary alicyclic amines) is 1. The lowest BCUT2D eigenvalue weighted by atomic mass is 10.0. The fraction of sp³-hybridized carbons (Fsp3) is 0.350. The monoisotopic (exact) mass is 381 g/mol. The van der Waals surface area contributed by atoms with E-state index >= 15 is 0 Å². The zero-order chi connectivity index (χ0) is 18.6. The molecule has 1 fully saturated rings. The summed E-state index contributed by atoms with van der Waals surface area (Å²) in [6, 6.07) is 8.16. The summed E-state index contributed by atoms with van der Waals surface area (Å²) in [4.78, 5) is 23.6. The van der Waals surface area contributed by atoms with Crippen molar-refractivity contribution in [1.29, 1.82) is 0 Å². The Morgan fingerprint density at radius 3 is 2.93 bits per heavy atom. The van der Waals surface area contributed by atoms with E-state index in [9.17, 15) is 4.79 Å². The molecule has 1 atom stereocenters. The first kappa shape index (κ1) is 17.7. The second-order valence-corrected chi connectivity index (χ2v) is 7.63. The summed E-state index contributed by atoms with van der Waals surface area (Å²) in [6.45, 7) is 3.23. The summed E-state index contributed by atoms with van der Waals surface area (Å²) in [5.74, 6) is 0.925. The second kappa shape index (κ2) is 7.92. The van der Waals surface area contributed by atoms with E-state index in [-0.39, 0.29) is 12.1 Å². The Morgan fingerprint density at radius 1 is 1.26 bits per heavy atom. The summed E-state index contributed by atoms with van der Waals surface area (Å²) in [5, 5.41) is 6.12. The standard InChI is InChI=1S/C20H23N5OS/c1-15-21-9-12-24(15)17-7-3-2-6-16(17)14-23-20(26)25-11-5-4-8-18(25)19-22-10-13-27-19/h2-3,6-7,9-10,12-13,18H,4-5,8,11,14H2,1H3,(H,23,26)/t18-/m1/s1. The smallest absolute Gasteiger partial charge is 0.318 e. The van der Waals surface area contributed by atoms with Gasteiger partial charge in [-0.1, -0.05) is 18.2 Å². The highest BCUT2D eigenvalue weighted by Crippen LogP contribution is 2.32. The quantitative estimate of drug-likeness (QED) is 0.741. The minimum Gasteiger partial charge on any atom is -0.334 e. The number of benzene rings is 1. The van der Waals surface area contributed by atoms with Crippen LogP contribution >= 0.6 is 11.3 Å². The summed E-state index contributed by atoms with van der Waals surface area (Å²) < 4.78 is 2.04. The van der Waals surface area contributed by atoms with Crippen LogP contribution in [0.15, 0.2) is 48.2 Å². The molecule has 140 valence electrons. The molecule has 0 aliphatic carbocycles. The van der Waals surface area contributed by atoms with Crippen LogP contribution in [0, 0.1) is 6.92 Å². The topological polar surface area (TPSA) is 63.1 Å². The molecule has 0 unspecified atom stereocenters. The first-order valence-corrected chi connectivity index (χ1v) is 10.1. The number of nitrogens with zero attached hydrogens (tertiary/aromatic N) is 4. The predicted molar refractivity (Wildman–Crippen MR) is 106 cm³/mol. The van der Waals surface area contributed by atoms with E-state index in [1.54, 1.807) is 17.5 Å². The van der Waals surface area contributed by atoms with Crippen LogP contribution in [0.1, 0.15) is 41.7 Å². The van der Waals surface area contributed by atoms with E-state index in [0.29, 0.717) is 6.54 Å². The van der Waals surface area contributed by atoms with Crippen LogP contribution in [0.2, 0.25) is 0 Å². The zero-order valence-corrected chi connectivity index (χ0v) is 16.2. The molecule has 0 spiro atoms. The third-order valence-electron chi connectivity index (χ3n) is 5.01. The number of piperidine rings is 1. The normalized spacial score (nSPS) is 17.1. The molecule has 1 aromatic carbocycles. The fourth-order valence-electron chi connectivity index (χ4n) is 3.63. The largest absolute Gasteiger partial charge is 0.334 e. The molecule has 0 saturated carbocycles. The number of carbonyl (C=O) groups is 1. The Morgan fingerprint density at radius 2 is 2.15 bits per heavy atom. The molecule has 3 heterocycles. The van der Waals surface area contributed by atoms with Crippen LogP contribution in [0.3, 0.4) is 0 Å². The maximum Gasteiger partial charge on any atom is 0.318 e. The molecule has 7 heteroatoms. The predicted octanol–water partition coefficient (Wildman–Crippen LogP) is 4.07. The number of carbonyl (C=O) groups excluding carboxylic acids is 1. The van der Waals surface area contributed by atoms with E-state index < -0.39 is 0 Å². The van der Waals surface area contributed by atoms with Gasteiger partial charge in [0.2, 0.25) is 0 Å². The van der Waals surface area contributed by atoms with E-state index in [0.717, 1.165) is 47.9 Å². The molecule has 3 aromatic rings. The maximum absolute atomic E-state index is 12.9. The van der Waals surface area contributed by atoms with E-state index in [1.807, 2.05) is 52.4 Å². The van der Waals surface area contributed by atoms with Crippen LogP contribution in [-0.2, 0) is 6.54 Å². The van der Waals surface area contributed by atoms with Crippen molar-refractivity contribution in [3.05, 3.63) is 64.6 Å². The molecule has 4 rings (SSSR count). The Labute approximate surface area is 162 Å². The van der Waals surface area contributed by atoms with Gasteiger partial charge in [0.05, 0.1) is 11.7 Å². The maximum atomic E-state index is 12.9. The van der Waals surface area contributed by atoms with Crippen molar-refractivity contribution in [2.75, 3.05) is 6.54 Å². The zero-order valence-electron chi connectivity index (χ0n) is 15.3. The summed E-state index contributed by atoms with van der Waals surface area (Å²) in [7, 11) is 0. The second-order valence-electron chi connectivity index (χ2n) is 6.71. The Balaban J connectivity index is 1.49. The van der Waals surface area contributed by atoms with E-state index in [4.69, 9.17) is 0 Å². The number of rotatable bonds is 4. The van der Waals surface area contributed by atoms with E-state index in [1.165, 1.54) is 0 Å². The highest BCUT2D eigenvalue weighted by molar-refractivity contribution is 7.09. The highest BCUT2D eigenvalue weighted by atomic mass is 32.1. The lowest BCUT2D eigenvalue weighted by Gasteiger charge is -2.34. The van der Waals surface area contributed by atoms with Gasteiger partial charge >= 0.3 is 6.03 Å². The van der Waals surface area contributed by atoms with Crippen molar-refractivity contribution < 1.29 is 4.79 Å². The molecule has 2 aromatic heterocycles. The summed E-state index contributed by atoms with van der Waals surface area (Å²) >= 11 is 1.62. The van der Waals surface area contributed by atoms with Gasteiger partial charge in [0, 0.05) is 37.1 Å². The van der Waals surface area contributed by atoms with Crippen LogP contribution in [-0.4, -0.2) is 32.0 Å². The minimum atomic E-state index is -0.0212. The van der Waals surface area contributed by atoms with Crippen LogP contribution in [0.25, 0.3) is 5.69 Å². The third kappa shape index (κ3) is 3.73. The lowest BCUT2D eigenvalue weighted by Crippen LogP contribution is -2.44. The van der Waals surface area contributed by atoms with Gasteiger partial charge in [-0.2, -0.15) is 0 Å². The number of aromatic nitrogens is 3. The van der Waals surface area contributed by atoms with Crippen LogP contribution in [0.5, 0.6) is 0 Å². The van der Waals surface area contributed by atoms with Gasteiger partial charge in [-0.25, -0.2) is 14.8 Å². The summed E-state index contributed by atoms with van der Waals surface area (Å²) in [6.07, 6.45) is 8.70. The van der Waals surface area contributed by atoms with Crippen molar-refractivity contribution in [3.8, 4) is 5.69 Å². The third-order valence-corrected chi connectivity index (χ3v) is 5.88. The number of hydrogen-bond donors (Lipinski definition) is 1. The average Bonchev–Trinajstić information content (AvgIpc) is 3.38. The number of nitrogens with one attached hydrogen (secondary N) is 1. The van der Waals surface area contributed by atoms with Gasteiger partial charge < -0.3 is 14.8 Å². The van der Waals surface area contributed by atoms with Crippen molar-refractivity contribution in [3.63, 3.8) is 0 Å². The number of para-hydroxylation sites is 1. The van der Waals surface area contributed by atoms with Crippen molar-refractivity contribution in [2.24, 2.45) is 0 Å². The van der Waals surface area contributed by atoms with Crippen LogP contribution < -0.4 is 5.32 Å². The molecular weight excluding hydrogens is 358 g/mol. The number of imidazole rings is 1. The average molecular weight is 382 g/mol. The van der Waals surface area contributed by atoms with Gasteiger partial charge in [-0.15, -0.1) is 11.3 Å². The SMILES string of the molecule is Cc1nccn1-c1ccccc1CNC(=O)N1CCCC[C@@H]1c1nccs1. The molecule has 27 heavy (non-hydrogen) atoms. The molecule has 1 saturated heterocycles. The molecule has 6 nitrogen and oxygen atoms in total. The molecule has 1 aliphatic rings. The van der Waals surface area contributed by atoms with Crippen molar-refractivity contribution in [1.82, 2.24) is 24.8 Å². The number of urea groups is 1. The molecule has 1 aliphatic heterocycles. The molecule has 1 N–H and O–H groups in total. The van der Waals surface area contributed by atoms with Crippen molar-refractivity contribution >= 4 is 17.4 Å². The first-order chi connectivity index (χ1) is 13.2. The molecule has 0 bridgehead atoms. The Hall–Kier alpha value is -2.67. The fourth-order valence-corrected chi connectivity index (χ4v) is 4.42. The van der Waals surface area contributed by atoms with Gasteiger partial charge in [0.1, 0.15) is 10.8 Å². The number of aryl methyl sites for hydroxylation is 1. The van der Waals surface area contributed by atoms with Gasteiger partial charge in [-0.3, -0.25) is 0 Å². The van der Waals surface area contributed by atoms with Gasteiger partial charge in [0.25, 0.3) is 0 Å². The minimum absolute atomic E-state index is 0.0212. The summed E-state index contributed by atoms with van der Waals surface area (Å²) in [5.41, 5.74) is 2.11. The van der Waals surface area contributed by atoms with Crippen LogP contribution in [0.4, 0.5) is 4.79 Å². The Kier molecular flexibility index (Phi) is 5.20. The molecular formula is C20H23N5OS. The molecule has 0 radical (unpaired) electrons.